The summed E-state index contributed by atoms with van der Waals surface area (Å²) in [4.78, 5) is 28.7. The van der Waals surface area contributed by atoms with Crippen molar-refractivity contribution >= 4 is 12.0 Å². The van der Waals surface area contributed by atoms with Crippen LogP contribution >= 0.6 is 0 Å². The molecule has 2 amide bonds. The van der Waals surface area contributed by atoms with Gasteiger partial charge in [0.05, 0.1) is 25.4 Å². The summed E-state index contributed by atoms with van der Waals surface area (Å²) in [6, 6.07) is 6.59. The van der Waals surface area contributed by atoms with E-state index in [0.717, 1.165) is 17.7 Å². The van der Waals surface area contributed by atoms with E-state index in [9.17, 15) is 22.8 Å². The number of hydrogen-bond donors (Lipinski definition) is 1. The number of esters is 1. The largest absolute Gasteiger partial charge is 0.461 e. The van der Waals surface area contributed by atoms with Crippen LogP contribution in [0.1, 0.15) is 52.5 Å². The molecule has 0 bridgehead atoms. The van der Waals surface area contributed by atoms with Gasteiger partial charge < -0.3 is 19.3 Å². The molecule has 2 aliphatic rings. The maximum Gasteiger partial charge on any atom is 0.416 e. The van der Waals surface area contributed by atoms with Gasteiger partial charge >= 0.3 is 18.2 Å². The molecule has 2 unspecified atom stereocenters. The zero-order chi connectivity index (χ0) is 24.3. The minimum absolute atomic E-state index is 0.130. The molecule has 3 heterocycles. The first-order chi connectivity index (χ1) is 16.3. The van der Waals surface area contributed by atoms with Crippen molar-refractivity contribution in [3.05, 3.63) is 52.8 Å². The average molecular weight is 480 g/mol. The smallest absolute Gasteiger partial charge is 0.416 e. The zero-order valence-corrected chi connectivity index (χ0v) is 18.8. The van der Waals surface area contributed by atoms with Crippen molar-refractivity contribution in [2.45, 2.75) is 31.4 Å². The minimum Gasteiger partial charge on any atom is -0.461 e. The van der Waals surface area contributed by atoms with Gasteiger partial charge in [-0.15, -0.1) is 0 Å². The van der Waals surface area contributed by atoms with Crippen LogP contribution in [0.25, 0.3) is 0 Å². The second-order valence-corrected chi connectivity index (χ2v) is 8.47. The number of morpholine rings is 1. The summed E-state index contributed by atoms with van der Waals surface area (Å²) in [6.07, 6.45) is -3.83. The number of carbonyl (C=O) groups excluding carboxylic acids is 2. The van der Waals surface area contributed by atoms with E-state index in [0.29, 0.717) is 51.5 Å². The van der Waals surface area contributed by atoms with Gasteiger partial charge in [-0.05, 0) is 37.1 Å². The molecular formula is C23H27F3N4O4. The standard InChI is InChI=1S/C23H27F3N4O4/c1-2-34-21(31)20-12-19(27-28-20)17-11-16(15-3-5-18(6-4-15)23(24,25)26)13-30(14-17)22(32)29-7-9-33-10-8-29/h3-6,12,16-17H,2,7-11,13-14H2,1H3,(H,27,28). The summed E-state index contributed by atoms with van der Waals surface area (Å²) in [5.74, 6) is -0.900. The van der Waals surface area contributed by atoms with E-state index >= 15 is 0 Å². The predicted octanol–water partition coefficient (Wildman–Crippen LogP) is 3.63. The quantitative estimate of drug-likeness (QED) is 0.676. The number of likely N-dealkylation sites (tertiary alicyclic amines) is 1. The number of hydrogen-bond acceptors (Lipinski definition) is 5. The number of halogens is 3. The number of carbonyl (C=O) groups is 2. The van der Waals surface area contributed by atoms with Crippen molar-refractivity contribution < 1.29 is 32.2 Å². The summed E-state index contributed by atoms with van der Waals surface area (Å²) in [6.45, 7) is 4.63. The van der Waals surface area contributed by atoms with E-state index in [1.54, 1.807) is 22.8 Å². The Morgan fingerprint density at radius 2 is 1.79 bits per heavy atom. The first-order valence-electron chi connectivity index (χ1n) is 11.3. The molecule has 0 radical (unpaired) electrons. The lowest BCUT2D eigenvalue weighted by atomic mass is 9.83. The van der Waals surface area contributed by atoms with Crippen LogP contribution in [0.5, 0.6) is 0 Å². The van der Waals surface area contributed by atoms with Gasteiger partial charge in [0.25, 0.3) is 0 Å². The fraction of sp³-hybridized carbons (Fsp3) is 0.522. The number of aromatic amines is 1. The fourth-order valence-electron chi connectivity index (χ4n) is 4.48. The monoisotopic (exact) mass is 480 g/mol. The Balaban J connectivity index is 1.58. The van der Waals surface area contributed by atoms with Gasteiger partial charge in [-0.3, -0.25) is 5.10 Å². The highest BCUT2D eigenvalue weighted by molar-refractivity contribution is 5.87. The number of nitrogens with zero attached hydrogens (tertiary/aromatic N) is 3. The molecule has 2 aliphatic heterocycles. The third kappa shape index (κ3) is 5.35. The molecule has 0 spiro atoms. The molecule has 2 aromatic rings. The molecule has 2 atom stereocenters. The molecule has 4 rings (SSSR count). The normalized spacial score (nSPS) is 21.4. The lowest BCUT2D eigenvalue weighted by Crippen LogP contribution is -2.52. The maximum absolute atomic E-state index is 13.2. The van der Waals surface area contributed by atoms with Crippen molar-refractivity contribution in [1.82, 2.24) is 20.0 Å². The summed E-state index contributed by atoms with van der Waals surface area (Å²) < 4.78 is 49.4. The summed E-state index contributed by atoms with van der Waals surface area (Å²) in [7, 11) is 0. The molecule has 34 heavy (non-hydrogen) atoms. The third-order valence-corrected chi connectivity index (χ3v) is 6.23. The number of aromatic nitrogens is 2. The predicted molar refractivity (Wildman–Crippen MR) is 115 cm³/mol. The van der Waals surface area contributed by atoms with E-state index < -0.39 is 17.7 Å². The SMILES string of the molecule is CCOC(=O)c1cc(C2CC(c3ccc(C(F)(F)F)cc3)CN(C(=O)N3CCOCC3)C2)[nH]n1. The van der Waals surface area contributed by atoms with E-state index in [4.69, 9.17) is 9.47 Å². The minimum atomic E-state index is -4.41. The van der Waals surface area contributed by atoms with Crippen molar-refractivity contribution in [3.8, 4) is 0 Å². The highest BCUT2D eigenvalue weighted by Gasteiger charge is 2.36. The van der Waals surface area contributed by atoms with Crippen molar-refractivity contribution in [1.29, 1.82) is 0 Å². The van der Waals surface area contributed by atoms with E-state index in [1.165, 1.54) is 12.1 Å². The number of nitrogens with one attached hydrogen (secondary N) is 1. The van der Waals surface area contributed by atoms with Crippen molar-refractivity contribution in [3.63, 3.8) is 0 Å². The summed E-state index contributed by atoms with van der Waals surface area (Å²) >= 11 is 0. The number of amides is 2. The Labute approximate surface area is 195 Å². The highest BCUT2D eigenvalue weighted by atomic mass is 19.4. The van der Waals surface area contributed by atoms with Gasteiger partial charge in [0.2, 0.25) is 0 Å². The molecule has 1 aromatic carbocycles. The Morgan fingerprint density at radius 3 is 2.44 bits per heavy atom. The van der Waals surface area contributed by atoms with Crippen molar-refractivity contribution in [2.75, 3.05) is 46.0 Å². The average Bonchev–Trinajstić information content (AvgIpc) is 3.34. The number of alkyl halides is 3. The Bertz CT molecular complexity index is 1000. The van der Waals surface area contributed by atoms with Crippen LogP contribution in [0.4, 0.5) is 18.0 Å². The van der Waals surface area contributed by atoms with Crippen LogP contribution in [-0.2, 0) is 15.7 Å². The Kier molecular flexibility index (Phi) is 7.11. The lowest BCUT2D eigenvalue weighted by molar-refractivity contribution is -0.137. The second kappa shape index (κ2) is 10.0. The van der Waals surface area contributed by atoms with E-state index in [-0.39, 0.29) is 30.2 Å². The van der Waals surface area contributed by atoms with Crippen LogP contribution in [0.2, 0.25) is 0 Å². The Morgan fingerprint density at radius 1 is 1.12 bits per heavy atom. The zero-order valence-electron chi connectivity index (χ0n) is 18.8. The first kappa shape index (κ1) is 24.1. The van der Waals surface area contributed by atoms with E-state index in [1.807, 2.05) is 0 Å². The van der Waals surface area contributed by atoms with Crippen LogP contribution in [0.3, 0.4) is 0 Å². The van der Waals surface area contributed by atoms with Crippen LogP contribution in [-0.4, -0.2) is 78.0 Å². The topological polar surface area (TPSA) is 87.8 Å². The molecule has 1 N–H and O–H groups in total. The molecule has 184 valence electrons. The van der Waals surface area contributed by atoms with E-state index in [2.05, 4.69) is 10.2 Å². The number of ether oxygens (including phenoxy) is 2. The highest BCUT2D eigenvalue weighted by Crippen LogP contribution is 2.37. The molecule has 2 saturated heterocycles. The molecule has 1 aromatic heterocycles. The van der Waals surface area contributed by atoms with Crippen LogP contribution in [0, 0.1) is 0 Å². The molecular weight excluding hydrogens is 453 g/mol. The maximum atomic E-state index is 13.2. The molecule has 8 nitrogen and oxygen atoms in total. The van der Waals surface area contributed by atoms with Crippen molar-refractivity contribution in [2.24, 2.45) is 0 Å². The first-order valence-corrected chi connectivity index (χ1v) is 11.3. The second-order valence-electron chi connectivity index (χ2n) is 8.47. The number of H-pyrrole nitrogens is 1. The van der Waals surface area contributed by atoms with Gasteiger partial charge in [0.1, 0.15) is 0 Å². The number of rotatable bonds is 4. The van der Waals surface area contributed by atoms with Crippen LogP contribution < -0.4 is 0 Å². The van der Waals surface area contributed by atoms with Gasteiger partial charge in [-0.1, -0.05) is 12.1 Å². The molecule has 0 aliphatic carbocycles. The molecule has 0 saturated carbocycles. The number of benzene rings is 1. The van der Waals surface area contributed by atoms with Gasteiger partial charge in [-0.2, -0.15) is 18.3 Å². The summed E-state index contributed by atoms with van der Waals surface area (Å²) in [5, 5.41) is 6.93. The Hall–Kier alpha value is -3.08. The lowest BCUT2D eigenvalue weighted by Gasteiger charge is -2.41. The van der Waals surface area contributed by atoms with Gasteiger partial charge in [-0.25, -0.2) is 9.59 Å². The third-order valence-electron chi connectivity index (χ3n) is 6.23. The molecule has 2 fully saturated rings. The van der Waals surface area contributed by atoms with Crippen LogP contribution in [0.15, 0.2) is 30.3 Å². The molecule has 11 heteroatoms. The number of urea groups is 1. The summed E-state index contributed by atoms with van der Waals surface area (Å²) in [5.41, 5.74) is 0.846. The van der Waals surface area contributed by atoms with Gasteiger partial charge in [0.15, 0.2) is 5.69 Å². The number of piperidine rings is 1. The van der Waals surface area contributed by atoms with Gasteiger partial charge in [0, 0.05) is 43.7 Å². The fourth-order valence-corrected chi connectivity index (χ4v) is 4.48.